The molecule has 0 bridgehead atoms. The second-order valence-electron chi connectivity index (χ2n) is 19.7. The molecule has 0 heterocycles. The van der Waals surface area contributed by atoms with Gasteiger partial charge in [0.15, 0.2) is 6.10 Å². The lowest BCUT2D eigenvalue weighted by Gasteiger charge is -2.21. The van der Waals surface area contributed by atoms with E-state index in [2.05, 4.69) is 118 Å². The zero-order valence-electron chi connectivity index (χ0n) is 48.2. The third-order valence-corrected chi connectivity index (χ3v) is 13.4. The van der Waals surface area contributed by atoms with Crippen LogP contribution >= 0.6 is 7.82 Å². The fourth-order valence-electron chi connectivity index (χ4n) is 7.94. The number of esters is 3. The Bertz CT molecular complexity index is 1640. The number of hydrogen-bond acceptors (Lipinski definition) is 10. The molecule has 3 unspecified atom stereocenters. The standard InChI is InChI=1S/C64H109O11P/c1-4-7-10-13-16-19-22-25-28-29-30-31-34-35-38-41-44-47-50-53-62(66)71-57-61(75-64(68)55-52-49-46-43-40-37-33-27-24-21-18-15-12-9-6-3)59-73-76(69,70)72-58-60(56-65)74-63(67)54-51-48-45-42-39-36-32-26-23-20-17-14-11-8-5-2/h8-9,11-12,17-18,20-21,25-28,32-33,40,43,60-61,65H,4-7,10,13-16,19,22-24,29-31,34-39,41-42,44-59H2,1-3H3,(H,69,70)/b11-8-,12-9-,20-17-,21-18-,28-25-,32-26-,33-27-,43-40-. The first-order valence-corrected chi connectivity index (χ1v) is 31.6. The van der Waals surface area contributed by atoms with E-state index in [9.17, 15) is 28.9 Å². The summed E-state index contributed by atoms with van der Waals surface area (Å²) < 4.78 is 39.5. The molecule has 0 saturated heterocycles. The van der Waals surface area contributed by atoms with Crippen molar-refractivity contribution in [3.05, 3.63) is 97.2 Å². The van der Waals surface area contributed by atoms with Crippen molar-refractivity contribution in [2.45, 2.75) is 264 Å². The van der Waals surface area contributed by atoms with E-state index >= 15 is 0 Å². The monoisotopic (exact) mass is 1080 g/mol. The van der Waals surface area contributed by atoms with Crippen LogP contribution in [0.4, 0.5) is 0 Å². The SMILES string of the molecule is CC/C=C\C/C=C\C/C=C\C/C=C\CCCCC(=O)OC(COC(=O)CCCCCCCCCCC/C=C\CCCCCCCC)COP(=O)(O)OCC(CO)OC(=O)CCCCCCC/C=C\C/C=C\C/C=C\CC. The van der Waals surface area contributed by atoms with Gasteiger partial charge in [0.25, 0.3) is 0 Å². The topological polar surface area (TPSA) is 155 Å². The first kappa shape index (κ1) is 72.4. The van der Waals surface area contributed by atoms with Crippen molar-refractivity contribution in [2.24, 2.45) is 0 Å². The first-order chi connectivity index (χ1) is 37.2. The van der Waals surface area contributed by atoms with Crippen molar-refractivity contribution in [3.63, 3.8) is 0 Å². The second-order valence-corrected chi connectivity index (χ2v) is 21.2. The molecule has 0 aliphatic rings. The molecule has 0 aliphatic carbocycles. The van der Waals surface area contributed by atoms with E-state index < -0.39 is 57.8 Å². The molecule has 0 spiro atoms. The Balaban J connectivity index is 4.76. The van der Waals surface area contributed by atoms with Crippen molar-refractivity contribution in [1.82, 2.24) is 0 Å². The van der Waals surface area contributed by atoms with E-state index in [1.165, 1.54) is 83.5 Å². The van der Waals surface area contributed by atoms with Crippen LogP contribution in [0.25, 0.3) is 0 Å². The Morgan fingerprint density at radius 3 is 1.09 bits per heavy atom. The van der Waals surface area contributed by atoms with Crippen LogP contribution in [0.15, 0.2) is 97.2 Å². The van der Waals surface area contributed by atoms with Crippen LogP contribution in [0.5, 0.6) is 0 Å². The summed E-state index contributed by atoms with van der Waals surface area (Å²) in [5, 5.41) is 9.82. The van der Waals surface area contributed by atoms with Crippen LogP contribution in [0.1, 0.15) is 252 Å². The minimum atomic E-state index is -4.77. The van der Waals surface area contributed by atoms with Gasteiger partial charge in [-0.2, -0.15) is 0 Å². The third kappa shape index (κ3) is 55.2. The molecular formula is C64H109O11P. The number of ether oxygens (including phenoxy) is 3. The van der Waals surface area contributed by atoms with Crippen molar-refractivity contribution < 1.29 is 52.2 Å². The first-order valence-electron chi connectivity index (χ1n) is 30.1. The van der Waals surface area contributed by atoms with Gasteiger partial charge in [0, 0.05) is 19.3 Å². The molecule has 0 aromatic rings. The molecule has 0 aromatic heterocycles. The van der Waals surface area contributed by atoms with Gasteiger partial charge in [-0.25, -0.2) is 4.57 Å². The molecule has 76 heavy (non-hydrogen) atoms. The zero-order valence-corrected chi connectivity index (χ0v) is 49.1. The molecule has 0 aliphatic heterocycles. The average molecular weight is 1090 g/mol. The number of aliphatic hydroxyl groups excluding tert-OH is 1. The number of phosphoric ester groups is 1. The van der Waals surface area contributed by atoms with Crippen LogP contribution in [-0.4, -0.2) is 66.5 Å². The number of aliphatic hydroxyl groups is 1. The molecule has 0 amide bonds. The van der Waals surface area contributed by atoms with Crippen molar-refractivity contribution >= 4 is 25.7 Å². The fourth-order valence-corrected chi connectivity index (χ4v) is 8.73. The van der Waals surface area contributed by atoms with Crippen LogP contribution in [0.2, 0.25) is 0 Å². The van der Waals surface area contributed by atoms with Gasteiger partial charge in [0.2, 0.25) is 0 Å². The molecule has 0 fully saturated rings. The second kappa shape index (κ2) is 57.6. The van der Waals surface area contributed by atoms with E-state index in [0.29, 0.717) is 19.3 Å². The van der Waals surface area contributed by atoms with Gasteiger partial charge < -0.3 is 24.2 Å². The highest BCUT2D eigenvalue weighted by molar-refractivity contribution is 7.47. The summed E-state index contributed by atoms with van der Waals surface area (Å²) in [6, 6.07) is 0. The molecule has 11 nitrogen and oxygen atoms in total. The van der Waals surface area contributed by atoms with Crippen molar-refractivity contribution in [2.75, 3.05) is 26.4 Å². The largest absolute Gasteiger partial charge is 0.472 e. The van der Waals surface area contributed by atoms with Crippen LogP contribution < -0.4 is 0 Å². The van der Waals surface area contributed by atoms with E-state index in [1.54, 1.807) is 0 Å². The van der Waals surface area contributed by atoms with Crippen molar-refractivity contribution in [3.8, 4) is 0 Å². The molecule has 0 saturated carbocycles. The van der Waals surface area contributed by atoms with E-state index in [1.807, 2.05) is 0 Å². The maximum atomic E-state index is 12.9. The smallest absolute Gasteiger partial charge is 0.462 e. The molecule has 0 rings (SSSR count). The molecule has 436 valence electrons. The summed E-state index contributed by atoms with van der Waals surface area (Å²) in [6.45, 7) is 4.36. The average Bonchev–Trinajstić information content (AvgIpc) is 3.41. The van der Waals surface area contributed by atoms with Crippen molar-refractivity contribution in [1.29, 1.82) is 0 Å². The lowest BCUT2D eigenvalue weighted by atomic mass is 10.1. The highest BCUT2D eigenvalue weighted by Crippen LogP contribution is 2.43. The number of carbonyl (C=O) groups excluding carboxylic acids is 3. The maximum Gasteiger partial charge on any atom is 0.472 e. The summed E-state index contributed by atoms with van der Waals surface area (Å²) in [5.41, 5.74) is 0. The molecular weight excluding hydrogens is 976 g/mol. The summed E-state index contributed by atoms with van der Waals surface area (Å²) in [6.07, 6.45) is 68.0. The van der Waals surface area contributed by atoms with Gasteiger partial charge in [-0.15, -0.1) is 0 Å². The quantitative estimate of drug-likeness (QED) is 0.0197. The van der Waals surface area contributed by atoms with Crippen LogP contribution in [-0.2, 0) is 42.2 Å². The Morgan fingerprint density at radius 1 is 0.382 bits per heavy atom. The molecule has 2 N–H and O–H groups in total. The number of allylic oxidation sites excluding steroid dienone is 16. The van der Waals surface area contributed by atoms with Gasteiger partial charge >= 0.3 is 25.7 Å². The summed E-state index contributed by atoms with van der Waals surface area (Å²) >= 11 is 0. The Hall–Kier alpha value is -3.60. The van der Waals surface area contributed by atoms with Crippen LogP contribution in [0.3, 0.4) is 0 Å². The number of hydrogen-bond donors (Lipinski definition) is 2. The Morgan fingerprint density at radius 2 is 0.684 bits per heavy atom. The van der Waals surface area contributed by atoms with Gasteiger partial charge in [0.1, 0.15) is 12.7 Å². The molecule has 3 atom stereocenters. The fraction of sp³-hybridized carbons (Fsp3) is 0.703. The summed E-state index contributed by atoms with van der Waals surface area (Å²) in [7, 11) is -4.77. The van der Waals surface area contributed by atoms with E-state index in [4.69, 9.17) is 23.3 Å². The summed E-state index contributed by atoms with van der Waals surface area (Å²) in [5.74, 6) is -1.54. The Kier molecular flexibility index (Phi) is 54.8. The van der Waals surface area contributed by atoms with Gasteiger partial charge in [0.05, 0.1) is 19.8 Å². The Labute approximate surface area is 463 Å². The summed E-state index contributed by atoms with van der Waals surface area (Å²) in [4.78, 5) is 48.6. The highest BCUT2D eigenvalue weighted by atomic mass is 31.2. The predicted octanol–water partition coefficient (Wildman–Crippen LogP) is 18.0. The van der Waals surface area contributed by atoms with E-state index in [-0.39, 0.29) is 25.9 Å². The zero-order chi connectivity index (χ0) is 55.5. The number of phosphoric acid groups is 1. The minimum Gasteiger partial charge on any atom is -0.462 e. The lowest BCUT2D eigenvalue weighted by molar-refractivity contribution is -0.161. The highest BCUT2D eigenvalue weighted by Gasteiger charge is 2.28. The van der Waals surface area contributed by atoms with Crippen LogP contribution in [0, 0.1) is 0 Å². The number of carbonyl (C=O) groups is 3. The minimum absolute atomic E-state index is 0.110. The van der Waals surface area contributed by atoms with Gasteiger partial charge in [-0.3, -0.25) is 23.4 Å². The molecule has 0 radical (unpaired) electrons. The number of rotatable bonds is 55. The van der Waals surface area contributed by atoms with E-state index in [0.717, 1.165) is 109 Å². The molecule has 12 heteroatoms. The maximum absolute atomic E-state index is 12.9. The van der Waals surface area contributed by atoms with Gasteiger partial charge in [-0.05, 0) is 116 Å². The third-order valence-electron chi connectivity index (χ3n) is 12.5. The van der Waals surface area contributed by atoms with Gasteiger partial charge in [-0.1, -0.05) is 214 Å². The predicted molar refractivity (Wildman–Crippen MR) is 316 cm³/mol. The molecule has 0 aromatic carbocycles. The lowest BCUT2D eigenvalue weighted by Crippen LogP contribution is -2.30. The normalized spacial score (nSPS) is 14.0. The number of unbranched alkanes of at least 4 members (excludes halogenated alkanes) is 22.